The Hall–Kier alpha value is -2.38. The predicted molar refractivity (Wildman–Crippen MR) is 123 cm³/mol. The van der Waals surface area contributed by atoms with Crippen molar-refractivity contribution < 1.29 is 14.3 Å². The lowest BCUT2D eigenvalue weighted by atomic mass is 9.88. The molecular formula is C23H31N3O3S. The van der Waals surface area contributed by atoms with Gasteiger partial charge in [0.25, 0.3) is 5.91 Å². The SMILES string of the molecule is CCCNCC(=O)Nc1sc2c(c1C(=O)Nc1ccc(OCC)cc1)CC[C@@H](C)C2. The molecule has 0 spiro atoms. The Labute approximate surface area is 182 Å². The molecule has 6 nitrogen and oxygen atoms in total. The second-order valence-electron chi connectivity index (χ2n) is 7.69. The third-order valence-corrected chi connectivity index (χ3v) is 6.30. The molecule has 0 radical (unpaired) electrons. The van der Waals surface area contributed by atoms with Crippen LogP contribution < -0.4 is 20.7 Å². The molecule has 0 saturated carbocycles. The van der Waals surface area contributed by atoms with Gasteiger partial charge in [-0.2, -0.15) is 0 Å². The zero-order chi connectivity index (χ0) is 21.5. The van der Waals surface area contributed by atoms with Crippen molar-refractivity contribution in [3.05, 3.63) is 40.3 Å². The van der Waals surface area contributed by atoms with Gasteiger partial charge in [-0.15, -0.1) is 11.3 Å². The van der Waals surface area contributed by atoms with Gasteiger partial charge in [0.05, 0.1) is 18.7 Å². The van der Waals surface area contributed by atoms with Crippen LogP contribution in [0.5, 0.6) is 5.75 Å². The molecule has 1 heterocycles. The number of anilines is 2. The highest BCUT2D eigenvalue weighted by Gasteiger charge is 2.28. The lowest BCUT2D eigenvalue weighted by molar-refractivity contribution is -0.115. The van der Waals surface area contributed by atoms with Crippen LogP contribution in [0.2, 0.25) is 0 Å². The summed E-state index contributed by atoms with van der Waals surface area (Å²) in [5, 5.41) is 9.72. The second-order valence-corrected chi connectivity index (χ2v) is 8.80. The van der Waals surface area contributed by atoms with Gasteiger partial charge in [-0.1, -0.05) is 13.8 Å². The summed E-state index contributed by atoms with van der Waals surface area (Å²) in [6, 6.07) is 7.34. The van der Waals surface area contributed by atoms with Crippen molar-refractivity contribution in [2.45, 2.75) is 46.5 Å². The van der Waals surface area contributed by atoms with Gasteiger partial charge in [0.2, 0.25) is 5.91 Å². The summed E-state index contributed by atoms with van der Waals surface area (Å²) < 4.78 is 5.46. The van der Waals surface area contributed by atoms with Crippen molar-refractivity contribution in [1.82, 2.24) is 5.32 Å². The van der Waals surface area contributed by atoms with Crippen molar-refractivity contribution in [1.29, 1.82) is 0 Å². The summed E-state index contributed by atoms with van der Waals surface area (Å²) in [4.78, 5) is 26.8. The Bertz CT molecular complexity index is 877. The van der Waals surface area contributed by atoms with Gasteiger partial charge in [0.1, 0.15) is 10.8 Å². The van der Waals surface area contributed by atoms with Crippen LogP contribution in [0.15, 0.2) is 24.3 Å². The Balaban J connectivity index is 1.80. The van der Waals surface area contributed by atoms with Gasteiger partial charge >= 0.3 is 0 Å². The van der Waals surface area contributed by atoms with E-state index in [9.17, 15) is 9.59 Å². The van der Waals surface area contributed by atoms with E-state index in [0.717, 1.165) is 43.5 Å². The van der Waals surface area contributed by atoms with Gasteiger partial charge < -0.3 is 20.7 Å². The quantitative estimate of drug-likeness (QED) is 0.514. The lowest BCUT2D eigenvalue weighted by Crippen LogP contribution is -2.29. The number of hydrogen-bond acceptors (Lipinski definition) is 5. The van der Waals surface area contributed by atoms with E-state index in [1.54, 1.807) is 11.3 Å². The van der Waals surface area contributed by atoms with Gasteiger partial charge in [-0.05, 0) is 74.9 Å². The number of amides is 2. The van der Waals surface area contributed by atoms with Gasteiger partial charge in [0, 0.05) is 10.6 Å². The van der Waals surface area contributed by atoms with Crippen LogP contribution >= 0.6 is 11.3 Å². The Morgan fingerprint density at radius 1 is 1.17 bits per heavy atom. The average Bonchev–Trinajstić information content (AvgIpc) is 3.06. The maximum absolute atomic E-state index is 13.2. The van der Waals surface area contributed by atoms with Crippen molar-refractivity contribution in [3.8, 4) is 5.75 Å². The first-order valence-electron chi connectivity index (χ1n) is 10.7. The Morgan fingerprint density at radius 3 is 2.63 bits per heavy atom. The average molecular weight is 430 g/mol. The fourth-order valence-corrected chi connectivity index (χ4v) is 5.05. The molecule has 1 aliphatic carbocycles. The molecule has 0 fully saturated rings. The zero-order valence-corrected chi connectivity index (χ0v) is 18.8. The van der Waals surface area contributed by atoms with Gasteiger partial charge in [-0.3, -0.25) is 9.59 Å². The maximum atomic E-state index is 13.2. The third-order valence-electron chi connectivity index (χ3n) is 5.13. The molecule has 2 amide bonds. The number of carbonyl (C=O) groups excluding carboxylic acids is 2. The first-order chi connectivity index (χ1) is 14.5. The number of benzene rings is 1. The topological polar surface area (TPSA) is 79.5 Å². The van der Waals surface area contributed by atoms with Gasteiger partial charge in [0.15, 0.2) is 0 Å². The fourth-order valence-electron chi connectivity index (χ4n) is 3.62. The highest BCUT2D eigenvalue weighted by atomic mass is 32.1. The third kappa shape index (κ3) is 5.61. The number of carbonyl (C=O) groups is 2. The largest absolute Gasteiger partial charge is 0.494 e. The van der Waals surface area contributed by atoms with Crippen LogP contribution in [-0.4, -0.2) is 31.5 Å². The van der Waals surface area contributed by atoms with Crippen LogP contribution in [0.3, 0.4) is 0 Å². The normalized spacial score (nSPS) is 15.4. The van der Waals surface area contributed by atoms with E-state index in [2.05, 4.69) is 29.8 Å². The molecule has 0 aliphatic heterocycles. The monoisotopic (exact) mass is 429 g/mol. The minimum atomic E-state index is -0.178. The molecule has 2 aromatic rings. The smallest absolute Gasteiger partial charge is 0.258 e. The maximum Gasteiger partial charge on any atom is 0.258 e. The second kappa shape index (κ2) is 10.6. The van der Waals surface area contributed by atoms with Crippen LogP contribution in [-0.2, 0) is 17.6 Å². The molecule has 7 heteroatoms. The summed E-state index contributed by atoms with van der Waals surface area (Å²) in [5.41, 5.74) is 2.40. The van der Waals surface area contributed by atoms with Crippen LogP contribution in [0.1, 0.15) is 54.4 Å². The number of thiophene rings is 1. The summed E-state index contributed by atoms with van der Waals surface area (Å²) in [5.74, 6) is 1.06. The molecule has 3 rings (SSSR count). The summed E-state index contributed by atoms with van der Waals surface area (Å²) >= 11 is 1.54. The van der Waals surface area contributed by atoms with Crippen molar-refractivity contribution in [2.24, 2.45) is 5.92 Å². The molecule has 162 valence electrons. The zero-order valence-electron chi connectivity index (χ0n) is 18.0. The molecular weight excluding hydrogens is 398 g/mol. The minimum Gasteiger partial charge on any atom is -0.494 e. The van der Waals surface area contributed by atoms with E-state index in [1.165, 1.54) is 4.88 Å². The molecule has 0 unspecified atom stereocenters. The van der Waals surface area contributed by atoms with E-state index in [4.69, 9.17) is 4.74 Å². The van der Waals surface area contributed by atoms with E-state index >= 15 is 0 Å². The Morgan fingerprint density at radius 2 is 1.93 bits per heavy atom. The first-order valence-corrected chi connectivity index (χ1v) is 11.5. The Kier molecular flexibility index (Phi) is 7.87. The number of hydrogen-bond donors (Lipinski definition) is 3. The molecule has 30 heavy (non-hydrogen) atoms. The van der Waals surface area contributed by atoms with Crippen LogP contribution in [0, 0.1) is 5.92 Å². The number of ether oxygens (including phenoxy) is 1. The minimum absolute atomic E-state index is 0.120. The molecule has 3 N–H and O–H groups in total. The molecule has 0 bridgehead atoms. The number of fused-ring (bicyclic) bond motifs is 1. The molecule has 1 aromatic carbocycles. The number of rotatable bonds is 9. The molecule has 1 aliphatic rings. The lowest BCUT2D eigenvalue weighted by Gasteiger charge is -2.18. The highest BCUT2D eigenvalue weighted by molar-refractivity contribution is 7.17. The van der Waals surface area contributed by atoms with E-state index in [-0.39, 0.29) is 18.4 Å². The standard InChI is InChI=1S/C23H31N3O3S/c1-4-12-24-14-20(27)26-23-21(18-11-6-15(3)13-19(18)30-23)22(28)25-16-7-9-17(10-8-16)29-5-2/h7-10,15,24H,4-6,11-14H2,1-3H3,(H,25,28)(H,26,27)/t15-/m1/s1. The van der Waals surface area contributed by atoms with Crippen molar-refractivity contribution >= 4 is 33.8 Å². The summed E-state index contributed by atoms with van der Waals surface area (Å²) in [7, 11) is 0. The molecule has 1 atom stereocenters. The summed E-state index contributed by atoms with van der Waals surface area (Å²) in [6.45, 7) is 7.85. The van der Waals surface area contributed by atoms with E-state index in [0.29, 0.717) is 28.8 Å². The van der Waals surface area contributed by atoms with Crippen molar-refractivity contribution in [2.75, 3.05) is 30.3 Å². The predicted octanol–water partition coefficient (Wildman–Crippen LogP) is 4.46. The highest BCUT2D eigenvalue weighted by Crippen LogP contribution is 2.40. The van der Waals surface area contributed by atoms with Gasteiger partial charge in [-0.25, -0.2) is 0 Å². The van der Waals surface area contributed by atoms with Crippen molar-refractivity contribution in [3.63, 3.8) is 0 Å². The molecule has 1 aromatic heterocycles. The van der Waals surface area contributed by atoms with Crippen LogP contribution in [0.4, 0.5) is 10.7 Å². The first kappa shape index (κ1) is 22.3. The fraction of sp³-hybridized carbons (Fsp3) is 0.478. The van der Waals surface area contributed by atoms with Crippen LogP contribution in [0.25, 0.3) is 0 Å². The molecule has 0 saturated heterocycles. The summed E-state index contributed by atoms with van der Waals surface area (Å²) in [6.07, 6.45) is 3.84. The number of nitrogens with one attached hydrogen (secondary N) is 3. The van der Waals surface area contributed by atoms with E-state index in [1.807, 2.05) is 31.2 Å². The van der Waals surface area contributed by atoms with E-state index < -0.39 is 0 Å².